The molecule has 168 valence electrons. The first-order valence-corrected chi connectivity index (χ1v) is 10.6. The van der Waals surface area contributed by atoms with Crippen LogP contribution in [0.3, 0.4) is 0 Å². The fraction of sp³-hybridized carbons (Fsp3) is 0.125. The summed E-state index contributed by atoms with van der Waals surface area (Å²) in [6.45, 7) is 0.0691. The lowest BCUT2D eigenvalue weighted by Crippen LogP contribution is -2.29. The van der Waals surface area contributed by atoms with Gasteiger partial charge in [-0.15, -0.1) is 0 Å². The number of ether oxygens (including phenoxy) is 1. The number of amides is 1. The molecular weight excluding hydrogens is 467 g/mol. The molecule has 7 nitrogen and oxygen atoms in total. The van der Waals surface area contributed by atoms with E-state index in [2.05, 4.69) is 4.98 Å². The predicted octanol–water partition coefficient (Wildman–Crippen LogP) is 4.72. The highest BCUT2D eigenvalue weighted by Gasteiger charge is 2.46. The van der Waals surface area contributed by atoms with Gasteiger partial charge in [-0.3, -0.25) is 14.6 Å². The summed E-state index contributed by atoms with van der Waals surface area (Å²) >= 11 is 12.4. The van der Waals surface area contributed by atoms with Crippen LogP contribution in [0.5, 0.6) is 11.5 Å². The van der Waals surface area contributed by atoms with Crippen molar-refractivity contribution in [3.63, 3.8) is 0 Å². The van der Waals surface area contributed by atoms with Gasteiger partial charge in [0.1, 0.15) is 11.5 Å². The minimum absolute atomic E-state index is 0.0463. The lowest BCUT2D eigenvalue weighted by molar-refractivity contribution is -0.140. The Hall–Kier alpha value is -3.55. The molecule has 1 aromatic heterocycles. The van der Waals surface area contributed by atoms with E-state index in [4.69, 9.17) is 27.9 Å². The summed E-state index contributed by atoms with van der Waals surface area (Å²) in [5.74, 6) is -1.93. The summed E-state index contributed by atoms with van der Waals surface area (Å²) in [4.78, 5) is 31.5. The van der Waals surface area contributed by atoms with Crippen LogP contribution in [0.25, 0.3) is 5.76 Å². The first-order chi connectivity index (χ1) is 15.8. The monoisotopic (exact) mass is 484 g/mol. The second-order valence-electron chi connectivity index (χ2n) is 7.36. The average Bonchev–Trinajstić information content (AvgIpc) is 3.04. The SMILES string of the molecule is COc1c(Cl)cc(/C(O)=C2\C(=O)C(=O)N(Cc3cccnc3)C2c2cccc(O)c2)cc1Cl. The van der Waals surface area contributed by atoms with E-state index in [1.54, 1.807) is 36.7 Å². The Kier molecular flexibility index (Phi) is 6.26. The number of benzene rings is 2. The second-order valence-corrected chi connectivity index (χ2v) is 8.17. The van der Waals surface area contributed by atoms with Gasteiger partial charge in [0, 0.05) is 24.5 Å². The molecule has 1 fully saturated rings. The highest BCUT2D eigenvalue weighted by molar-refractivity contribution is 6.46. The van der Waals surface area contributed by atoms with E-state index in [0.717, 1.165) is 0 Å². The number of hydrogen-bond acceptors (Lipinski definition) is 6. The third-order valence-corrected chi connectivity index (χ3v) is 5.84. The molecular formula is C24H18Cl2N2O5. The molecule has 0 radical (unpaired) electrons. The summed E-state index contributed by atoms with van der Waals surface area (Å²) in [6.07, 6.45) is 3.18. The summed E-state index contributed by atoms with van der Waals surface area (Å²) in [5.41, 5.74) is 1.15. The number of Topliss-reactive ketones (excluding diaryl/α,β-unsaturated/α-hetero) is 1. The van der Waals surface area contributed by atoms with E-state index in [9.17, 15) is 19.8 Å². The summed E-state index contributed by atoms with van der Waals surface area (Å²) in [5, 5.41) is 21.4. The molecule has 0 spiro atoms. The maximum absolute atomic E-state index is 13.1. The largest absolute Gasteiger partial charge is 0.508 e. The van der Waals surface area contributed by atoms with E-state index in [0.29, 0.717) is 11.1 Å². The van der Waals surface area contributed by atoms with Crippen molar-refractivity contribution in [2.24, 2.45) is 0 Å². The van der Waals surface area contributed by atoms with Crippen molar-refractivity contribution in [2.75, 3.05) is 7.11 Å². The molecule has 0 bridgehead atoms. The van der Waals surface area contributed by atoms with Crippen molar-refractivity contribution in [1.29, 1.82) is 0 Å². The predicted molar refractivity (Wildman–Crippen MR) is 123 cm³/mol. The number of aromatic nitrogens is 1. The summed E-state index contributed by atoms with van der Waals surface area (Å²) < 4.78 is 5.14. The zero-order valence-electron chi connectivity index (χ0n) is 17.3. The van der Waals surface area contributed by atoms with Crippen LogP contribution in [0.1, 0.15) is 22.7 Å². The van der Waals surface area contributed by atoms with E-state index in [1.165, 1.54) is 36.3 Å². The lowest BCUT2D eigenvalue weighted by Gasteiger charge is -2.25. The Morgan fingerprint density at radius 3 is 2.45 bits per heavy atom. The Morgan fingerprint density at radius 2 is 1.85 bits per heavy atom. The molecule has 9 heteroatoms. The van der Waals surface area contributed by atoms with Crippen LogP contribution in [0.4, 0.5) is 0 Å². The molecule has 2 N–H and O–H groups in total. The molecule has 1 aliphatic heterocycles. The molecule has 0 saturated carbocycles. The normalized spacial score (nSPS) is 17.4. The number of likely N-dealkylation sites (tertiary alicyclic amines) is 1. The Labute approximate surface area is 199 Å². The van der Waals surface area contributed by atoms with Crippen LogP contribution >= 0.6 is 23.2 Å². The van der Waals surface area contributed by atoms with E-state index < -0.39 is 23.5 Å². The van der Waals surface area contributed by atoms with Crippen molar-refractivity contribution in [2.45, 2.75) is 12.6 Å². The van der Waals surface area contributed by atoms with Crippen molar-refractivity contribution in [3.05, 3.63) is 93.2 Å². The van der Waals surface area contributed by atoms with Gasteiger partial charge in [0.05, 0.1) is 28.8 Å². The first kappa shape index (κ1) is 22.6. The highest BCUT2D eigenvalue weighted by atomic mass is 35.5. The maximum atomic E-state index is 13.1. The number of phenols is 1. The topological polar surface area (TPSA) is 100.0 Å². The number of pyridine rings is 1. The third-order valence-electron chi connectivity index (χ3n) is 5.28. The number of hydrogen-bond donors (Lipinski definition) is 2. The van der Waals surface area contributed by atoms with Crippen molar-refractivity contribution >= 4 is 40.7 Å². The molecule has 1 atom stereocenters. The third kappa shape index (κ3) is 4.25. The Bertz CT molecular complexity index is 1250. The van der Waals surface area contributed by atoms with Gasteiger partial charge in [-0.1, -0.05) is 41.4 Å². The highest BCUT2D eigenvalue weighted by Crippen LogP contribution is 2.43. The van der Waals surface area contributed by atoms with Gasteiger partial charge in [-0.2, -0.15) is 0 Å². The molecule has 1 amide bonds. The van der Waals surface area contributed by atoms with Crippen LogP contribution in [-0.4, -0.2) is 38.9 Å². The van der Waals surface area contributed by atoms with Crippen LogP contribution in [0.2, 0.25) is 10.0 Å². The van der Waals surface area contributed by atoms with Gasteiger partial charge in [0.15, 0.2) is 5.75 Å². The molecule has 3 aromatic rings. The van der Waals surface area contributed by atoms with E-state index in [1.807, 2.05) is 0 Å². The van der Waals surface area contributed by atoms with Gasteiger partial charge in [-0.25, -0.2) is 0 Å². The molecule has 4 rings (SSSR count). The molecule has 0 aliphatic carbocycles. The maximum Gasteiger partial charge on any atom is 0.295 e. The number of carbonyl (C=O) groups is 2. The molecule has 1 aliphatic rings. The molecule has 33 heavy (non-hydrogen) atoms. The number of ketones is 1. The number of aliphatic hydroxyl groups is 1. The zero-order chi connectivity index (χ0) is 23.7. The van der Waals surface area contributed by atoms with Crippen LogP contribution in [0, 0.1) is 0 Å². The Morgan fingerprint density at radius 1 is 1.12 bits per heavy atom. The number of phenolic OH excluding ortho intramolecular Hbond substituents is 1. The van der Waals surface area contributed by atoms with Gasteiger partial charge in [0.25, 0.3) is 11.7 Å². The van der Waals surface area contributed by atoms with Crippen molar-refractivity contribution in [3.8, 4) is 11.5 Å². The minimum Gasteiger partial charge on any atom is -0.508 e. The van der Waals surface area contributed by atoms with Crippen LogP contribution < -0.4 is 4.74 Å². The van der Waals surface area contributed by atoms with Crippen molar-refractivity contribution < 1.29 is 24.5 Å². The molecule has 2 heterocycles. The van der Waals surface area contributed by atoms with Crippen LogP contribution in [-0.2, 0) is 16.1 Å². The number of halogens is 2. The van der Waals surface area contributed by atoms with Gasteiger partial charge in [-0.05, 0) is 41.5 Å². The lowest BCUT2D eigenvalue weighted by atomic mass is 9.95. The number of methoxy groups -OCH3 is 1. The summed E-state index contributed by atoms with van der Waals surface area (Å²) in [6, 6.07) is 11.5. The Balaban J connectivity index is 1.90. The number of nitrogens with zero attached hydrogens (tertiary/aromatic N) is 2. The minimum atomic E-state index is -0.961. The number of aromatic hydroxyl groups is 1. The fourth-order valence-corrected chi connectivity index (χ4v) is 4.46. The number of carbonyl (C=O) groups excluding carboxylic acids is 2. The molecule has 2 aromatic carbocycles. The van der Waals surface area contributed by atoms with Crippen LogP contribution in [0.15, 0.2) is 66.5 Å². The zero-order valence-corrected chi connectivity index (χ0v) is 18.8. The smallest absolute Gasteiger partial charge is 0.295 e. The average molecular weight is 485 g/mol. The summed E-state index contributed by atoms with van der Waals surface area (Å²) in [7, 11) is 1.40. The van der Waals surface area contributed by atoms with E-state index in [-0.39, 0.29) is 39.2 Å². The van der Waals surface area contributed by atoms with Gasteiger partial charge < -0.3 is 19.8 Å². The number of aliphatic hydroxyl groups excluding tert-OH is 1. The van der Waals surface area contributed by atoms with Gasteiger partial charge >= 0.3 is 0 Å². The molecule has 1 unspecified atom stereocenters. The quantitative estimate of drug-likeness (QED) is 0.308. The van der Waals surface area contributed by atoms with E-state index >= 15 is 0 Å². The first-order valence-electron chi connectivity index (χ1n) is 9.81. The van der Waals surface area contributed by atoms with Crippen molar-refractivity contribution in [1.82, 2.24) is 9.88 Å². The second kappa shape index (κ2) is 9.13. The molecule has 1 saturated heterocycles. The fourth-order valence-electron chi connectivity index (χ4n) is 3.82. The number of rotatable bonds is 5. The van der Waals surface area contributed by atoms with Gasteiger partial charge in [0.2, 0.25) is 0 Å². The standard InChI is InChI=1S/C24H18Cl2N2O5/c1-33-23-17(25)9-15(10-18(23)26)21(30)19-20(14-5-2-6-16(29)8-14)28(24(32)22(19)31)12-13-4-3-7-27-11-13/h2-11,20,29-30H,12H2,1H3/b21-19+.